The molecule has 4 nitrogen and oxygen atoms in total. The van der Waals surface area contributed by atoms with E-state index in [1.807, 2.05) is 24.3 Å². The van der Waals surface area contributed by atoms with Crippen molar-refractivity contribution in [2.75, 3.05) is 5.75 Å². The van der Waals surface area contributed by atoms with Crippen LogP contribution in [0, 0.1) is 0 Å². The van der Waals surface area contributed by atoms with E-state index in [0.29, 0.717) is 17.3 Å². The first kappa shape index (κ1) is 12.9. The van der Waals surface area contributed by atoms with Gasteiger partial charge in [0.1, 0.15) is 22.6 Å². The zero-order valence-electron chi connectivity index (χ0n) is 10.6. The van der Waals surface area contributed by atoms with Crippen molar-refractivity contribution in [1.29, 1.82) is 0 Å². The number of rotatable bonds is 3. The van der Waals surface area contributed by atoms with Crippen molar-refractivity contribution < 1.29 is 14.6 Å². The lowest BCUT2D eigenvalue weighted by molar-refractivity contribution is -0.118. The van der Waals surface area contributed by atoms with E-state index < -0.39 is 0 Å². The van der Waals surface area contributed by atoms with E-state index in [9.17, 15) is 9.90 Å². The summed E-state index contributed by atoms with van der Waals surface area (Å²) in [5.74, 6) is 1.96. The fraction of sp³-hybridized carbons (Fsp3) is 0.133. The van der Waals surface area contributed by atoms with Crippen LogP contribution in [-0.2, 0) is 4.79 Å². The molecule has 3 rings (SSSR count). The number of carbonyl (C=O) groups is 1. The van der Waals surface area contributed by atoms with Gasteiger partial charge >= 0.3 is 0 Å². The summed E-state index contributed by atoms with van der Waals surface area (Å²) in [5, 5.41) is 12.3. The molecule has 1 fully saturated rings. The highest BCUT2D eigenvalue weighted by Gasteiger charge is 2.23. The first-order valence-electron chi connectivity index (χ1n) is 6.18. The summed E-state index contributed by atoms with van der Waals surface area (Å²) in [6, 6.07) is 14.2. The van der Waals surface area contributed by atoms with Gasteiger partial charge in [-0.15, -0.1) is 11.8 Å². The quantitative estimate of drug-likeness (QED) is 0.911. The molecule has 0 aromatic heterocycles. The van der Waals surface area contributed by atoms with Crippen LogP contribution in [0.2, 0.25) is 0 Å². The zero-order valence-corrected chi connectivity index (χ0v) is 11.4. The smallest absolute Gasteiger partial charge is 0.231 e. The second-order valence-corrected chi connectivity index (χ2v) is 5.52. The Morgan fingerprint density at radius 2 is 1.90 bits per heavy atom. The van der Waals surface area contributed by atoms with Crippen molar-refractivity contribution in [3.05, 3.63) is 54.1 Å². The lowest BCUT2D eigenvalue weighted by Gasteiger charge is -2.12. The van der Waals surface area contributed by atoms with Crippen molar-refractivity contribution in [2.45, 2.75) is 5.37 Å². The number of amides is 1. The number of carbonyl (C=O) groups excluding carboxylic acids is 1. The average Bonchev–Trinajstić information content (AvgIpc) is 2.86. The third-order valence-electron chi connectivity index (χ3n) is 2.89. The minimum atomic E-state index is -0.0183. The minimum Gasteiger partial charge on any atom is -0.508 e. The van der Waals surface area contributed by atoms with E-state index in [2.05, 4.69) is 5.32 Å². The van der Waals surface area contributed by atoms with Gasteiger partial charge in [-0.1, -0.05) is 18.2 Å². The molecule has 1 saturated heterocycles. The van der Waals surface area contributed by atoms with E-state index in [1.54, 1.807) is 36.0 Å². The molecule has 20 heavy (non-hydrogen) atoms. The number of ether oxygens (including phenoxy) is 1. The standard InChI is InChI=1S/C15H13NO3S/c17-11-4-2-6-13(8-11)19-12-5-1-3-10(7-12)15-16-14(18)9-20-15/h1-8,15,17H,9H2,(H,16,18). The second kappa shape index (κ2) is 5.46. The number of hydrogen-bond donors (Lipinski definition) is 2. The third-order valence-corrected chi connectivity index (χ3v) is 4.04. The van der Waals surface area contributed by atoms with Crippen LogP contribution in [0.3, 0.4) is 0 Å². The van der Waals surface area contributed by atoms with Gasteiger partial charge in [0.05, 0.1) is 5.75 Å². The maximum Gasteiger partial charge on any atom is 0.231 e. The molecule has 0 radical (unpaired) electrons. The Morgan fingerprint density at radius 3 is 2.60 bits per heavy atom. The fourth-order valence-corrected chi connectivity index (χ4v) is 2.95. The van der Waals surface area contributed by atoms with Gasteiger partial charge in [0, 0.05) is 6.07 Å². The van der Waals surface area contributed by atoms with E-state index >= 15 is 0 Å². The van der Waals surface area contributed by atoms with Crippen molar-refractivity contribution in [3.8, 4) is 17.2 Å². The van der Waals surface area contributed by atoms with Crippen LogP contribution in [0.15, 0.2) is 48.5 Å². The first-order chi connectivity index (χ1) is 9.70. The van der Waals surface area contributed by atoms with Crippen molar-refractivity contribution in [1.82, 2.24) is 5.32 Å². The molecule has 2 N–H and O–H groups in total. The summed E-state index contributed by atoms with van der Waals surface area (Å²) in [6.07, 6.45) is 0. The molecule has 1 aliphatic rings. The number of thioether (sulfide) groups is 1. The molecule has 1 heterocycles. The zero-order chi connectivity index (χ0) is 13.9. The third kappa shape index (κ3) is 2.88. The minimum absolute atomic E-state index is 0.0183. The SMILES string of the molecule is O=C1CSC(c2cccc(Oc3cccc(O)c3)c2)N1. The van der Waals surface area contributed by atoms with Crippen LogP contribution in [0.5, 0.6) is 17.2 Å². The molecule has 0 aliphatic carbocycles. The molecule has 1 unspecified atom stereocenters. The lowest BCUT2D eigenvalue weighted by atomic mass is 10.2. The number of aromatic hydroxyl groups is 1. The molecular weight excluding hydrogens is 274 g/mol. The Kier molecular flexibility index (Phi) is 3.52. The summed E-state index contributed by atoms with van der Waals surface area (Å²) in [6.45, 7) is 0. The Labute approximate surface area is 120 Å². The molecule has 0 spiro atoms. The maximum absolute atomic E-state index is 11.2. The van der Waals surface area contributed by atoms with Crippen molar-refractivity contribution in [3.63, 3.8) is 0 Å². The largest absolute Gasteiger partial charge is 0.508 e. The monoisotopic (exact) mass is 287 g/mol. The predicted molar refractivity (Wildman–Crippen MR) is 78.0 cm³/mol. The molecular formula is C15H13NO3S. The molecule has 0 saturated carbocycles. The molecule has 2 aromatic rings. The molecule has 2 aromatic carbocycles. The van der Waals surface area contributed by atoms with Gasteiger partial charge in [-0.25, -0.2) is 0 Å². The van der Waals surface area contributed by atoms with Crippen molar-refractivity contribution in [2.24, 2.45) is 0 Å². The van der Waals surface area contributed by atoms with Crippen LogP contribution >= 0.6 is 11.8 Å². The summed E-state index contributed by atoms with van der Waals surface area (Å²) < 4.78 is 5.70. The van der Waals surface area contributed by atoms with Crippen LogP contribution in [0.25, 0.3) is 0 Å². The van der Waals surface area contributed by atoms with Gasteiger partial charge in [0.25, 0.3) is 0 Å². The maximum atomic E-state index is 11.2. The Morgan fingerprint density at radius 1 is 1.15 bits per heavy atom. The molecule has 1 atom stereocenters. The van der Waals surface area contributed by atoms with Gasteiger partial charge in [-0.2, -0.15) is 0 Å². The van der Waals surface area contributed by atoms with Crippen LogP contribution in [-0.4, -0.2) is 16.8 Å². The van der Waals surface area contributed by atoms with Crippen LogP contribution < -0.4 is 10.1 Å². The van der Waals surface area contributed by atoms with Crippen LogP contribution in [0.1, 0.15) is 10.9 Å². The van der Waals surface area contributed by atoms with Crippen LogP contribution in [0.4, 0.5) is 0 Å². The predicted octanol–water partition coefficient (Wildman–Crippen LogP) is 3.05. The number of nitrogens with one attached hydrogen (secondary N) is 1. The van der Waals surface area contributed by atoms with E-state index in [1.165, 1.54) is 0 Å². The molecule has 102 valence electrons. The highest BCUT2D eigenvalue weighted by atomic mass is 32.2. The summed E-state index contributed by atoms with van der Waals surface area (Å²) in [5.41, 5.74) is 0.999. The molecule has 1 amide bonds. The summed E-state index contributed by atoms with van der Waals surface area (Å²) in [4.78, 5) is 11.2. The number of benzene rings is 2. The fourth-order valence-electron chi connectivity index (χ4n) is 1.99. The van der Waals surface area contributed by atoms with Crippen molar-refractivity contribution >= 4 is 17.7 Å². The topological polar surface area (TPSA) is 58.6 Å². The Bertz CT molecular complexity index is 645. The normalized spacial score (nSPS) is 17.8. The second-order valence-electron chi connectivity index (χ2n) is 4.43. The molecule has 0 bridgehead atoms. The molecule has 5 heteroatoms. The first-order valence-corrected chi connectivity index (χ1v) is 7.23. The number of hydrogen-bond acceptors (Lipinski definition) is 4. The van der Waals surface area contributed by atoms with Gasteiger partial charge < -0.3 is 15.2 Å². The number of phenolic OH excluding ortho intramolecular Hbond substituents is 1. The van der Waals surface area contributed by atoms with E-state index in [-0.39, 0.29) is 17.0 Å². The van der Waals surface area contributed by atoms with Gasteiger partial charge in [-0.3, -0.25) is 4.79 Å². The van der Waals surface area contributed by atoms with Gasteiger partial charge in [0.15, 0.2) is 0 Å². The summed E-state index contributed by atoms with van der Waals surface area (Å²) >= 11 is 1.56. The summed E-state index contributed by atoms with van der Waals surface area (Å²) in [7, 11) is 0. The number of phenols is 1. The highest BCUT2D eigenvalue weighted by Crippen LogP contribution is 2.33. The van der Waals surface area contributed by atoms with Gasteiger partial charge in [-0.05, 0) is 29.8 Å². The van der Waals surface area contributed by atoms with Gasteiger partial charge in [0.2, 0.25) is 5.91 Å². The highest BCUT2D eigenvalue weighted by molar-refractivity contribution is 8.00. The average molecular weight is 287 g/mol. The Hall–Kier alpha value is -2.14. The lowest BCUT2D eigenvalue weighted by Crippen LogP contribution is -2.18. The Balaban J connectivity index is 1.79. The van der Waals surface area contributed by atoms with E-state index in [4.69, 9.17) is 4.74 Å². The van der Waals surface area contributed by atoms with E-state index in [0.717, 1.165) is 5.56 Å². The molecule has 1 aliphatic heterocycles.